The largest absolute Gasteiger partial charge is 0.496 e. The van der Waals surface area contributed by atoms with Crippen LogP contribution in [-0.4, -0.2) is 30.2 Å². The first-order valence-electron chi connectivity index (χ1n) is 9.60. The molecule has 3 rings (SSSR count). The second-order valence-electron chi connectivity index (χ2n) is 6.85. The maximum Gasteiger partial charge on any atom is 0.348 e. The lowest BCUT2D eigenvalue weighted by Gasteiger charge is -2.11. The molecule has 0 radical (unpaired) electrons. The number of aromatic nitrogens is 1. The molecule has 0 fully saturated rings. The fourth-order valence-electron chi connectivity index (χ4n) is 3.48. The number of benzene rings is 1. The van der Waals surface area contributed by atoms with Gasteiger partial charge in [-0.15, -0.1) is 11.3 Å². The first kappa shape index (κ1) is 21.6. The summed E-state index contributed by atoms with van der Waals surface area (Å²) in [4.78, 5) is 37.3. The van der Waals surface area contributed by atoms with Gasteiger partial charge in [0, 0.05) is 10.9 Å². The number of rotatable bonds is 8. The number of carbonyl (C=O) groups is 2. The zero-order valence-electron chi connectivity index (χ0n) is 17.2. The van der Waals surface area contributed by atoms with E-state index in [1.807, 2.05) is 24.3 Å². The Morgan fingerprint density at radius 1 is 1.17 bits per heavy atom. The number of ether oxygens (including phenoxy) is 2. The van der Waals surface area contributed by atoms with Crippen molar-refractivity contribution in [2.75, 3.05) is 13.7 Å². The molecule has 0 atom stereocenters. The van der Waals surface area contributed by atoms with E-state index in [1.165, 1.54) is 15.9 Å². The van der Waals surface area contributed by atoms with Gasteiger partial charge >= 0.3 is 5.97 Å². The van der Waals surface area contributed by atoms with Crippen molar-refractivity contribution < 1.29 is 19.1 Å². The molecule has 7 nitrogen and oxygen atoms in total. The van der Waals surface area contributed by atoms with E-state index in [0.29, 0.717) is 28.7 Å². The van der Waals surface area contributed by atoms with Crippen LogP contribution < -0.4 is 16.0 Å². The fraction of sp³-hybridized carbons (Fsp3) is 0.318. The van der Waals surface area contributed by atoms with Crippen LogP contribution in [0.4, 0.5) is 0 Å². The van der Waals surface area contributed by atoms with Crippen molar-refractivity contribution in [3.63, 3.8) is 0 Å². The van der Waals surface area contributed by atoms with Gasteiger partial charge < -0.3 is 19.8 Å². The monoisotopic (exact) mass is 428 g/mol. The average Bonchev–Trinajstić information content (AvgIpc) is 3.07. The zero-order chi connectivity index (χ0) is 21.8. The van der Waals surface area contributed by atoms with Gasteiger partial charge in [-0.2, -0.15) is 0 Å². The highest BCUT2D eigenvalue weighted by molar-refractivity contribution is 7.21. The van der Waals surface area contributed by atoms with Crippen molar-refractivity contribution in [2.45, 2.75) is 33.2 Å². The number of aryl methyl sites for hydroxylation is 3. The Kier molecular flexibility index (Phi) is 6.56. The van der Waals surface area contributed by atoms with Gasteiger partial charge in [0.05, 0.1) is 19.1 Å². The lowest BCUT2D eigenvalue weighted by Crippen LogP contribution is -2.28. The minimum absolute atomic E-state index is 0.222. The van der Waals surface area contributed by atoms with Crippen molar-refractivity contribution in [3.05, 3.63) is 62.4 Å². The fourth-order valence-corrected chi connectivity index (χ4v) is 4.71. The number of pyridine rings is 1. The maximum absolute atomic E-state index is 13.0. The Morgan fingerprint density at radius 3 is 2.53 bits per heavy atom. The van der Waals surface area contributed by atoms with Crippen LogP contribution in [0.25, 0.3) is 10.1 Å². The van der Waals surface area contributed by atoms with Crippen molar-refractivity contribution in [3.8, 4) is 5.75 Å². The molecule has 2 aromatic heterocycles. The van der Waals surface area contributed by atoms with E-state index in [4.69, 9.17) is 15.2 Å². The summed E-state index contributed by atoms with van der Waals surface area (Å²) in [6, 6.07) is 7.73. The minimum Gasteiger partial charge on any atom is -0.496 e. The molecule has 2 N–H and O–H groups in total. The lowest BCUT2D eigenvalue weighted by molar-refractivity contribution is -0.118. The molecule has 0 bridgehead atoms. The second-order valence-corrected chi connectivity index (χ2v) is 7.87. The quantitative estimate of drug-likeness (QED) is 0.556. The summed E-state index contributed by atoms with van der Waals surface area (Å²) in [5, 5.41) is 0.432. The van der Waals surface area contributed by atoms with Crippen LogP contribution in [0.5, 0.6) is 5.75 Å². The minimum atomic E-state index is -0.606. The summed E-state index contributed by atoms with van der Waals surface area (Å²) >= 11 is 1.25. The van der Waals surface area contributed by atoms with Gasteiger partial charge in [0.1, 0.15) is 17.2 Å². The highest BCUT2D eigenvalue weighted by Crippen LogP contribution is 2.33. The Labute approximate surface area is 178 Å². The van der Waals surface area contributed by atoms with Gasteiger partial charge in [-0.25, -0.2) is 4.79 Å². The first-order chi connectivity index (χ1) is 14.4. The smallest absolute Gasteiger partial charge is 0.348 e. The van der Waals surface area contributed by atoms with E-state index in [-0.39, 0.29) is 18.7 Å². The molecule has 8 heteroatoms. The molecular weight excluding hydrogens is 404 g/mol. The number of hydrogen-bond donors (Lipinski definition) is 1. The number of carbonyl (C=O) groups excluding carboxylic acids is 2. The van der Waals surface area contributed by atoms with Crippen molar-refractivity contribution in [2.24, 2.45) is 5.73 Å². The number of hydrogen-bond acceptors (Lipinski definition) is 6. The van der Waals surface area contributed by atoms with Crippen LogP contribution in [0.15, 0.2) is 35.3 Å². The molecule has 0 aliphatic carbocycles. The standard InChI is InChI=1S/C22H24N2O5S/c1-4-29-22(27)19-13(2)18-20(30-19)15(11-24(21(18)26)12-17(23)25)10-9-14-7-5-6-8-16(14)28-3/h5-8,11H,4,9-10,12H2,1-3H3,(H2,23,25). The third kappa shape index (κ3) is 4.23. The van der Waals surface area contributed by atoms with Gasteiger partial charge in [-0.1, -0.05) is 18.2 Å². The molecule has 1 aromatic carbocycles. The van der Waals surface area contributed by atoms with Gasteiger partial charge in [0.2, 0.25) is 5.91 Å². The highest BCUT2D eigenvalue weighted by Gasteiger charge is 2.22. The molecule has 1 amide bonds. The van der Waals surface area contributed by atoms with E-state index < -0.39 is 11.9 Å². The van der Waals surface area contributed by atoms with Crippen molar-refractivity contribution in [1.82, 2.24) is 4.57 Å². The number of methoxy groups -OCH3 is 1. The topological polar surface area (TPSA) is 101 Å². The van der Waals surface area contributed by atoms with E-state index in [1.54, 1.807) is 27.2 Å². The Morgan fingerprint density at radius 2 is 1.87 bits per heavy atom. The lowest BCUT2D eigenvalue weighted by atomic mass is 10.0. The number of para-hydroxylation sites is 1. The van der Waals surface area contributed by atoms with Gasteiger partial charge in [-0.3, -0.25) is 9.59 Å². The SMILES string of the molecule is CCOC(=O)c1sc2c(CCc3ccccc3OC)cn(CC(N)=O)c(=O)c2c1C. The Bertz CT molecular complexity index is 1160. The van der Waals surface area contributed by atoms with Crippen LogP contribution in [0.1, 0.15) is 33.3 Å². The summed E-state index contributed by atoms with van der Waals surface area (Å²) in [5.74, 6) is -0.271. The van der Waals surface area contributed by atoms with E-state index in [2.05, 4.69) is 0 Å². The van der Waals surface area contributed by atoms with Gasteiger partial charge in [-0.05, 0) is 49.4 Å². The van der Waals surface area contributed by atoms with Gasteiger partial charge in [0.25, 0.3) is 5.56 Å². The number of thiophene rings is 1. The molecule has 0 unspecified atom stereocenters. The molecule has 0 spiro atoms. The number of fused-ring (bicyclic) bond motifs is 1. The van der Waals surface area contributed by atoms with Crippen LogP contribution >= 0.6 is 11.3 Å². The molecule has 3 aromatic rings. The second kappa shape index (κ2) is 9.13. The summed E-state index contributed by atoms with van der Waals surface area (Å²) in [6.07, 6.45) is 2.92. The normalized spacial score (nSPS) is 10.9. The average molecular weight is 429 g/mol. The molecule has 0 aliphatic rings. The summed E-state index contributed by atoms with van der Waals surface area (Å²) in [6.45, 7) is 3.49. The number of amides is 1. The van der Waals surface area contributed by atoms with E-state index in [0.717, 1.165) is 21.6 Å². The maximum atomic E-state index is 13.0. The number of esters is 1. The molecule has 0 saturated heterocycles. The van der Waals surface area contributed by atoms with Crippen LogP contribution in [0.2, 0.25) is 0 Å². The van der Waals surface area contributed by atoms with Crippen LogP contribution in [0.3, 0.4) is 0 Å². The third-order valence-electron chi connectivity index (χ3n) is 4.87. The first-order valence-corrected chi connectivity index (χ1v) is 10.4. The molecular formula is C22H24N2O5S. The van der Waals surface area contributed by atoms with Gasteiger partial charge in [0.15, 0.2) is 0 Å². The predicted octanol–water partition coefficient (Wildman–Crippen LogP) is 2.83. The van der Waals surface area contributed by atoms with Crippen molar-refractivity contribution >= 4 is 33.3 Å². The van der Waals surface area contributed by atoms with Crippen molar-refractivity contribution in [1.29, 1.82) is 0 Å². The van der Waals surface area contributed by atoms with Crippen LogP contribution in [-0.2, 0) is 28.9 Å². The molecule has 0 aliphatic heterocycles. The van der Waals surface area contributed by atoms with E-state index in [9.17, 15) is 14.4 Å². The number of nitrogens with zero attached hydrogens (tertiary/aromatic N) is 1. The van der Waals surface area contributed by atoms with Crippen LogP contribution in [0, 0.1) is 6.92 Å². The molecule has 2 heterocycles. The summed E-state index contributed by atoms with van der Waals surface area (Å²) in [7, 11) is 1.62. The molecule has 0 saturated carbocycles. The van der Waals surface area contributed by atoms with E-state index >= 15 is 0 Å². The molecule has 158 valence electrons. The molecule has 30 heavy (non-hydrogen) atoms. The summed E-state index contributed by atoms with van der Waals surface area (Å²) in [5.41, 5.74) is 7.45. The Hall–Kier alpha value is -3.13. The number of nitrogens with two attached hydrogens (primary N) is 1. The highest BCUT2D eigenvalue weighted by atomic mass is 32.1. The summed E-state index contributed by atoms with van der Waals surface area (Å²) < 4.78 is 12.6. The predicted molar refractivity (Wildman–Crippen MR) is 116 cm³/mol. The zero-order valence-corrected chi connectivity index (χ0v) is 18.0. The third-order valence-corrected chi connectivity index (χ3v) is 6.22. The number of primary amides is 1. The Balaban J connectivity index is 2.12.